The summed E-state index contributed by atoms with van der Waals surface area (Å²) in [5, 5.41) is 19.4. The van der Waals surface area contributed by atoms with E-state index in [1.165, 1.54) is 12.3 Å². The van der Waals surface area contributed by atoms with Crippen molar-refractivity contribution in [1.82, 2.24) is 15.0 Å². The maximum atomic E-state index is 10.7. The molecule has 20 heavy (non-hydrogen) atoms. The van der Waals surface area contributed by atoms with Gasteiger partial charge in [0.25, 0.3) is 5.69 Å². The Morgan fingerprint density at radius 3 is 2.70 bits per heavy atom. The molecule has 0 amide bonds. The van der Waals surface area contributed by atoms with Gasteiger partial charge >= 0.3 is 0 Å². The smallest absolute Gasteiger partial charge is 0.289 e. The zero-order valence-electron chi connectivity index (χ0n) is 10.1. The van der Waals surface area contributed by atoms with E-state index in [1.54, 1.807) is 24.3 Å². The predicted octanol–water partition coefficient (Wildman–Crippen LogP) is 2.40. The van der Waals surface area contributed by atoms with Crippen LogP contribution in [0.1, 0.15) is 5.56 Å². The van der Waals surface area contributed by atoms with E-state index in [0.717, 1.165) is 5.56 Å². The van der Waals surface area contributed by atoms with Gasteiger partial charge in [0, 0.05) is 11.6 Å². The van der Waals surface area contributed by atoms with E-state index in [9.17, 15) is 10.1 Å². The van der Waals surface area contributed by atoms with Gasteiger partial charge in [-0.2, -0.15) is 5.26 Å². The van der Waals surface area contributed by atoms with Gasteiger partial charge in [0.1, 0.15) is 12.0 Å². The van der Waals surface area contributed by atoms with Crippen LogP contribution in [0.2, 0.25) is 0 Å². The van der Waals surface area contributed by atoms with Crippen molar-refractivity contribution in [1.29, 1.82) is 5.26 Å². The summed E-state index contributed by atoms with van der Waals surface area (Å²) in [5.74, 6) is 0.553. The second-order valence-corrected chi connectivity index (χ2v) is 4.10. The fraction of sp³-hybridized carbons (Fsp3) is 0. The molecule has 0 aliphatic heterocycles. The second-order valence-electron chi connectivity index (χ2n) is 4.10. The highest BCUT2D eigenvalue weighted by molar-refractivity contribution is 5.77. The van der Waals surface area contributed by atoms with Crippen LogP contribution in [-0.2, 0) is 0 Å². The van der Waals surface area contributed by atoms with Crippen LogP contribution in [0.4, 0.5) is 5.69 Å². The van der Waals surface area contributed by atoms with Crippen molar-refractivity contribution >= 4 is 16.9 Å². The number of fused-ring (bicyclic) bond motifs is 1. The number of nitriles is 1. The van der Waals surface area contributed by atoms with E-state index in [-0.39, 0.29) is 5.69 Å². The lowest BCUT2D eigenvalue weighted by Gasteiger charge is -1.95. The highest BCUT2D eigenvalue weighted by Crippen LogP contribution is 2.22. The number of hydrogen-bond acceptors (Lipinski definition) is 5. The van der Waals surface area contributed by atoms with Crippen LogP contribution in [0.3, 0.4) is 0 Å². The molecule has 1 aromatic carbocycles. The van der Waals surface area contributed by atoms with E-state index < -0.39 is 4.92 Å². The summed E-state index contributed by atoms with van der Waals surface area (Å²) in [7, 11) is 0. The minimum absolute atomic E-state index is 0.0903. The number of benzene rings is 1. The van der Waals surface area contributed by atoms with E-state index in [4.69, 9.17) is 5.26 Å². The van der Waals surface area contributed by atoms with Gasteiger partial charge in [0.15, 0.2) is 5.65 Å². The Hall–Kier alpha value is -3.27. The number of pyridine rings is 1. The Labute approximate surface area is 112 Å². The first-order valence-corrected chi connectivity index (χ1v) is 5.68. The molecule has 0 fully saturated rings. The molecule has 3 aromatic rings. The molecule has 2 heterocycles. The van der Waals surface area contributed by atoms with Crippen LogP contribution in [-0.4, -0.2) is 19.9 Å². The average Bonchev–Trinajstić information content (AvgIpc) is 2.90. The number of aromatic nitrogens is 3. The second kappa shape index (κ2) is 4.44. The SMILES string of the molecule is N#Cc1ccc(-c2nc3ncc([N+](=O)[O-])cc3[nH]2)cc1. The molecule has 0 bridgehead atoms. The van der Waals surface area contributed by atoms with Crippen molar-refractivity contribution in [3.63, 3.8) is 0 Å². The van der Waals surface area contributed by atoms with Gasteiger partial charge in [0.2, 0.25) is 0 Å². The maximum Gasteiger partial charge on any atom is 0.289 e. The number of nitro groups is 1. The number of imidazole rings is 1. The quantitative estimate of drug-likeness (QED) is 0.565. The number of rotatable bonds is 2. The van der Waals surface area contributed by atoms with Crippen LogP contribution in [0.25, 0.3) is 22.6 Å². The van der Waals surface area contributed by atoms with Crippen LogP contribution in [0, 0.1) is 21.4 Å². The molecule has 0 aliphatic carbocycles. The molecule has 1 N–H and O–H groups in total. The van der Waals surface area contributed by atoms with Crippen LogP contribution >= 0.6 is 0 Å². The van der Waals surface area contributed by atoms with E-state index in [0.29, 0.717) is 22.6 Å². The van der Waals surface area contributed by atoms with Gasteiger partial charge in [0.05, 0.1) is 22.1 Å². The number of H-pyrrole nitrogens is 1. The van der Waals surface area contributed by atoms with Crippen molar-refractivity contribution < 1.29 is 4.92 Å². The predicted molar refractivity (Wildman–Crippen MR) is 70.7 cm³/mol. The summed E-state index contributed by atoms with van der Waals surface area (Å²) >= 11 is 0. The number of aromatic amines is 1. The minimum atomic E-state index is -0.505. The van der Waals surface area contributed by atoms with Gasteiger partial charge in [-0.15, -0.1) is 0 Å². The molecule has 0 saturated carbocycles. The molecule has 0 atom stereocenters. The third-order valence-corrected chi connectivity index (χ3v) is 2.82. The monoisotopic (exact) mass is 265 g/mol. The van der Waals surface area contributed by atoms with Gasteiger partial charge in [-0.1, -0.05) is 0 Å². The number of nitrogens with zero attached hydrogens (tertiary/aromatic N) is 4. The molecule has 0 radical (unpaired) electrons. The lowest BCUT2D eigenvalue weighted by molar-refractivity contribution is -0.385. The van der Waals surface area contributed by atoms with Gasteiger partial charge in [-0.3, -0.25) is 10.1 Å². The summed E-state index contributed by atoms with van der Waals surface area (Å²) < 4.78 is 0. The van der Waals surface area contributed by atoms with Crippen molar-refractivity contribution in [2.75, 3.05) is 0 Å². The van der Waals surface area contributed by atoms with Crippen LogP contribution in [0.15, 0.2) is 36.5 Å². The molecule has 0 aliphatic rings. The normalized spacial score (nSPS) is 10.3. The zero-order valence-corrected chi connectivity index (χ0v) is 10.1. The molecular weight excluding hydrogens is 258 g/mol. The van der Waals surface area contributed by atoms with Crippen LogP contribution in [0.5, 0.6) is 0 Å². The van der Waals surface area contributed by atoms with Gasteiger partial charge in [-0.25, -0.2) is 9.97 Å². The topological polar surface area (TPSA) is 108 Å². The Kier molecular flexibility index (Phi) is 2.62. The first-order valence-electron chi connectivity index (χ1n) is 5.68. The molecule has 96 valence electrons. The summed E-state index contributed by atoms with van der Waals surface area (Å²) in [6.45, 7) is 0. The minimum Gasteiger partial charge on any atom is -0.336 e. The number of nitrogens with one attached hydrogen (secondary N) is 1. The summed E-state index contributed by atoms with van der Waals surface area (Å²) in [4.78, 5) is 21.4. The van der Waals surface area contributed by atoms with Gasteiger partial charge < -0.3 is 4.98 Å². The van der Waals surface area contributed by atoms with E-state index in [2.05, 4.69) is 15.0 Å². The molecule has 2 aromatic heterocycles. The van der Waals surface area contributed by atoms with Crippen LogP contribution < -0.4 is 0 Å². The molecule has 7 heteroatoms. The molecule has 0 spiro atoms. The fourth-order valence-corrected chi connectivity index (χ4v) is 1.83. The van der Waals surface area contributed by atoms with E-state index in [1.807, 2.05) is 6.07 Å². The molecule has 0 unspecified atom stereocenters. The average molecular weight is 265 g/mol. The fourth-order valence-electron chi connectivity index (χ4n) is 1.83. The molecule has 7 nitrogen and oxygen atoms in total. The largest absolute Gasteiger partial charge is 0.336 e. The Morgan fingerprint density at radius 2 is 2.05 bits per heavy atom. The standard InChI is InChI=1S/C13H7N5O2/c14-6-8-1-3-9(4-2-8)12-16-11-5-10(18(19)20)7-15-13(11)17-12/h1-5,7H,(H,15,16,17). The molecule has 3 rings (SSSR count). The third kappa shape index (κ3) is 1.95. The third-order valence-electron chi connectivity index (χ3n) is 2.82. The lowest BCUT2D eigenvalue weighted by atomic mass is 10.1. The zero-order chi connectivity index (χ0) is 14.1. The number of hydrogen-bond donors (Lipinski definition) is 1. The highest BCUT2D eigenvalue weighted by Gasteiger charge is 2.11. The van der Waals surface area contributed by atoms with Crippen molar-refractivity contribution in [3.8, 4) is 17.5 Å². The summed E-state index contributed by atoms with van der Waals surface area (Å²) in [5.41, 5.74) is 2.16. The summed E-state index contributed by atoms with van der Waals surface area (Å²) in [6, 6.07) is 10.3. The highest BCUT2D eigenvalue weighted by atomic mass is 16.6. The Morgan fingerprint density at radius 1 is 1.30 bits per heavy atom. The Bertz CT molecular complexity index is 845. The van der Waals surface area contributed by atoms with Crippen molar-refractivity contribution in [2.45, 2.75) is 0 Å². The van der Waals surface area contributed by atoms with Crippen molar-refractivity contribution in [3.05, 3.63) is 52.2 Å². The Balaban J connectivity index is 2.08. The van der Waals surface area contributed by atoms with E-state index >= 15 is 0 Å². The first-order chi connectivity index (χ1) is 9.67. The molecular formula is C13H7N5O2. The summed E-state index contributed by atoms with van der Waals surface area (Å²) in [6.07, 6.45) is 1.17. The van der Waals surface area contributed by atoms with Crippen molar-refractivity contribution in [2.24, 2.45) is 0 Å². The lowest BCUT2D eigenvalue weighted by Crippen LogP contribution is -1.88. The maximum absolute atomic E-state index is 10.7. The molecule has 0 saturated heterocycles. The first kappa shape index (κ1) is 11.8. The van der Waals surface area contributed by atoms with Gasteiger partial charge in [-0.05, 0) is 24.3 Å².